The molecule has 0 aromatic heterocycles. The molecule has 1 aromatic rings. The van der Waals surface area contributed by atoms with E-state index in [2.05, 4.69) is 5.32 Å². The molecule has 1 rings (SSSR count). The number of nitrogens with one attached hydrogen (secondary N) is 1. The minimum absolute atomic E-state index is 0.0765. The summed E-state index contributed by atoms with van der Waals surface area (Å²) in [6.07, 6.45) is -0.632. The molecule has 0 aliphatic rings. The number of rotatable bonds is 7. The molecule has 5 nitrogen and oxygen atoms in total. The summed E-state index contributed by atoms with van der Waals surface area (Å²) in [6.45, 7) is 4.44. The van der Waals surface area contributed by atoms with Crippen LogP contribution in [0.4, 0.5) is 0 Å². The van der Waals surface area contributed by atoms with Crippen molar-refractivity contribution in [1.29, 1.82) is 0 Å². The summed E-state index contributed by atoms with van der Waals surface area (Å²) in [5.74, 6) is 0.326. The number of aryl methyl sites for hydroxylation is 1. The Morgan fingerprint density at radius 3 is 2.84 bits per heavy atom. The van der Waals surface area contributed by atoms with Crippen LogP contribution in [0.1, 0.15) is 24.2 Å². The molecular formula is C14H21NO4. The van der Waals surface area contributed by atoms with Gasteiger partial charge in [-0.25, -0.2) is 0 Å². The van der Waals surface area contributed by atoms with Gasteiger partial charge in [0.25, 0.3) is 5.91 Å². The Kier molecular flexibility index (Phi) is 6.32. The fourth-order valence-electron chi connectivity index (χ4n) is 1.60. The molecular weight excluding hydrogens is 246 g/mol. The second-order valence-electron chi connectivity index (χ2n) is 4.35. The number of amides is 1. The van der Waals surface area contributed by atoms with Gasteiger partial charge >= 0.3 is 0 Å². The van der Waals surface area contributed by atoms with Crippen molar-refractivity contribution in [3.63, 3.8) is 0 Å². The van der Waals surface area contributed by atoms with Gasteiger partial charge in [-0.15, -0.1) is 0 Å². The number of aliphatic hydroxyl groups excluding tert-OH is 1. The van der Waals surface area contributed by atoms with Crippen molar-refractivity contribution < 1.29 is 19.4 Å². The monoisotopic (exact) mass is 267 g/mol. The average molecular weight is 267 g/mol. The SMILES string of the molecule is COCCNC(=O)COc1cc(C)ccc1[C@H](C)O. The first-order chi connectivity index (χ1) is 9.04. The number of aliphatic hydroxyl groups is 1. The van der Waals surface area contributed by atoms with E-state index in [1.165, 1.54) is 0 Å². The Balaban J connectivity index is 2.56. The lowest BCUT2D eigenvalue weighted by Gasteiger charge is -2.14. The van der Waals surface area contributed by atoms with Crippen LogP contribution in [0.5, 0.6) is 5.75 Å². The van der Waals surface area contributed by atoms with E-state index in [1.807, 2.05) is 19.1 Å². The molecule has 0 unspecified atom stereocenters. The first-order valence-electron chi connectivity index (χ1n) is 6.21. The molecule has 0 saturated heterocycles. The topological polar surface area (TPSA) is 67.8 Å². The minimum Gasteiger partial charge on any atom is -0.483 e. The van der Waals surface area contributed by atoms with Gasteiger partial charge in [-0.05, 0) is 25.5 Å². The van der Waals surface area contributed by atoms with E-state index in [0.29, 0.717) is 24.5 Å². The standard InChI is InChI=1S/C14H21NO4/c1-10-4-5-12(11(2)16)13(8-10)19-9-14(17)15-6-7-18-3/h4-5,8,11,16H,6-7,9H2,1-3H3,(H,15,17)/t11-/m0/s1. The van der Waals surface area contributed by atoms with Crippen molar-refractivity contribution in [3.8, 4) is 5.75 Å². The quantitative estimate of drug-likeness (QED) is 0.728. The van der Waals surface area contributed by atoms with Crippen LogP contribution in [0.3, 0.4) is 0 Å². The summed E-state index contributed by atoms with van der Waals surface area (Å²) < 4.78 is 10.3. The van der Waals surface area contributed by atoms with Gasteiger partial charge in [0.2, 0.25) is 0 Å². The van der Waals surface area contributed by atoms with Gasteiger partial charge in [-0.3, -0.25) is 4.79 Å². The number of ether oxygens (including phenoxy) is 2. The maximum absolute atomic E-state index is 11.5. The van der Waals surface area contributed by atoms with Gasteiger partial charge in [0.05, 0.1) is 12.7 Å². The number of hydrogen-bond donors (Lipinski definition) is 2. The van der Waals surface area contributed by atoms with Crippen LogP contribution in [-0.4, -0.2) is 37.9 Å². The molecule has 0 radical (unpaired) electrons. The molecule has 0 bridgehead atoms. The summed E-state index contributed by atoms with van der Waals surface area (Å²) >= 11 is 0. The summed E-state index contributed by atoms with van der Waals surface area (Å²) in [5, 5.41) is 12.3. The van der Waals surface area contributed by atoms with Crippen LogP contribution < -0.4 is 10.1 Å². The third kappa shape index (κ3) is 5.28. The van der Waals surface area contributed by atoms with Crippen LogP contribution in [0, 0.1) is 6.92 Å². The third-order valence-electron chi connectivity index (χ3n) is 2.61. The second-order valence-corrected chi connectivity index (χ2v) is 4.35. The van der Waals surface area contributed by atoms with Gasteiger partial charge in [0, 0.05) is 19.2 Å². The summed E-state index contributed by atoms with van der Waals surface area (Å²) in [7, 11) is 1.57. The van der Waals surface area contributed by atoms with Gasteiger partial charge in [-0.2, -0.15) is 0 Å². The number of carbonyl (C=O) groups excluding carboxylic acids is 1. The molecule has 2 N–H and O–H groups in total. The maximum atomic E-state index is 11.5. The predicted octanol–water partition coefficient (Wildman–Crippen LogP) is 1.19. The molecule has 0 aliphatic heterocycles. The highest BCUT2D eigenvalue weighted by atomic mass is 16.5. The third-order valence-corrected chi connectivity index (χ3v) is 2.61. The molecule has 1 atom stereocenters. The zero-order valence-corrected chi connectivity index (χ0v) is 11.6. The van der Waals surface area contributed by atoms with Crippen molar-refractivity contribution in [2.24, 2.45) is 0 Å². The first-order valence-corrected chi connectivity index (χ1v) is 6.21. The maximum Gasteiger partial charge on any atom is 0.258 e. The van der Waals surface area contributed by atoms with Crippen LogP contribution in [0.2, 0.25) is 0 Å². The van der Waals surface area contributed by atoms with Gasteiger partial charge in [0.15, 0.2) is 6.61 Å². The molecule has 5 heteroatoms. The van der Waals surface area contributed by atoms with Crippen molar-refractivity contribution >= 4 is 5.91 Å². The Labute approximate surface area is 113 Å². The van der Waals surface area contributed by atoms with E-state index in [4.69, 9.17) is 9.47 Å². The van der Waals surface area contributed by atoms with Crippen molar-refractivity contribution in [3.05, 3.63) is 29.3 Å². The average Bonchev–Trinajstić information content (AvgIpc) is 2.36. The Hall–Kier alpha value is -1.59. The van der Waals surface area contributed by atoms with Crippen molar-refractivity contribution in [2.45, 2.75) is 20.0 Å². The first kappa shape index (κ1) is 15.5. The minimum atomic E-state index is -0.632. The highest BCUT2D eigenvalue weighted by Gasteiger charge is 2.11. The van der Waals surface area contributed by atoms with Crippen molar-refractivity contribution in [2.75, 3.05) is 26.9 Å². The highest BCUT2D eigenvalue weighted by Crippen LogP contribution is 2.26. The highest BCUT2D eigenvalue weighted by molar-refractivity contribution is 5.77. The summed E-state index contributed by atoms with van der Waals surface area (Å²) in [6, 6.07) is 5.51. The molecule has 0 spiro atoms. The number of methoxy groups -OCH3 is 1. The van der Waals surface area contributed by atoms with Gasteiger partial charge in [-0.1, -0.05) is 12.1 Å². The van der Waals surface area contributed by atoms with E-state index in [1.54, 1.807) is 20.1 Å². The number of carbonyl (C=O) groups is 1. The normalized spacial score (nSPS) is 12.0. The van der Waals surface area contributed by atoms with Crippen LogP contribution in [-0.2, 0) is 9.53 Å². The lowest BCUT2D eigenvalue weighted by Crippen LogP contribution is -2.31. The van der Waals surface area contributed by atoms with E-state index in [9.17, 15) is 9.90 Å². The lowest BCUT2D eigenvalue weighted by atomic mass is 10.1. The Morgan fingerprint density at radius 1 is 1.47 bits per heavy atom. The lowest BCUT2D eigenvalue weighted by molar-refractivity contribution is -0.123. The van der Waals surface area contributed by atoms with E-state index >= 15 is 0 Å². The molecule has 0 aliphatic carbocycles. The van der Waals surface area contributed by atoms with E-state index in [0.717, 1.165) is 5.56 Å². The molecule has 0 fully saturated rings. The Morgan fingerprint density at radius 2 is 2.21 bits per heavy atom. The molecule has 1 amide bonds. The molecule has 0 saturated carbocycles. The molecule has 106 valence electrons. The van der Waals surface area contributed by atoms with Crippen molar-refractivity contribution in [1.82, 2.24) is 5.32 Å². The van der Waals surface area contributed by atoms with Crippen LogP contribution >= 0.6 is 0 Å². The van der Waals surface area contributed by atoms with Gasteiger partial charge in [0.1, 0.15) is 5.75 Å². The fraction of sp³-hybridized carbons (Fsp3) is 0.500. The molecule has 19 heavy (non-hydrogen) atoms. The summed E-state index contributed by atoms with van der Waals surface area (Å²) in [5.41, 5.74) is 1.69. The second kappa shape index (κ2) is 7.76. The van der Waals surface area contributed by atoms with E-state index < -0.39 is 6.10 Å². The smallest absolute Gasteiger partial charge is 0.258 e. The zero-order chi connectivity index (χ0) is 14.3. The predicted molar refractivity (Wildman–Crippen MR) is 72.2 cm³/mol. The number of hydrogen-bond acceptors (Lipinski definition) is 4. The van der Waals surface area contributed by atoms with E-state index in [-0.39, 0.29) is 12.5 Å². The summed E-state index contributed by atoms with van der Waals surface area (Å²) in [4.78, 5) is 11.5. The largest absolute Gasteiger partial charge is 0.483 e. The Bertz CT molecular complexity index is 418. The van der Waals surface area contributed by atoms with Gasteiger partial charge < -0.3 is 19.9 Å². The molecule has 0 heterocycles. The fourth-order valence-corrected chi connectivity index (χ4v) is 1.60. The number of benzene rings is 1. The molecule has 1 aromatic carbocycles. The van der Waals surface area contributed by atoms with Crippen LogP contribution in [0.15, 0.2) is 18.2 Å². The zero-order valence-electron chi connectivity index (χ0n) is 11.6. The van der Waals surface area contributed by atoms with Crippen LogP contribution in [0.25, 0.3) is 0 Å².